The fourth-order valence-electron chi connectivity index (χ4n) is 12.6. The van der Waals surface area contributed by atoms with E-state index in [2.05, 4.69) is 274 Å². The summed E-state index contributed by atoms with van der Waals surface area (Å²) < 4.78 is 17.4. The van der Waals surface area contributed by atoms with Gasteiger partial charge < -0.3 is 28.7 Å². The first-order chi connectivity index (χ1) is 36.7. The second-order valence-electron chi connectivity index (χ2n) is 19.6. The first-order valence-corrected chi connectivity index (χ1v) is 25.4. The van der Waals surface area contributed by atoms with Gasteiger partial charge >= 0.3 is 0 Å². The number of rotatable bonds is 7. The molecule has 344 valence electrons. The highest BCUT2D eigenvalue weighted by molar-refractivity contribution is 7.02. The summed E-state index contributed by atoms with van der Waals surface area (Å²) in [4.78, 5) is 7.09. The van der Waals surface area contributed by atoms with Crippen molar-refractivity contribution in [2.24, 2.45) is 0 Å². The Morgan fingerprint density at radius 2 is 0.770 bits per heavy atom. The Kier molecular flexibility index (Phi) is 8.83. The lowest BCUT2D eigenvalue weighted by atomic mass is 9.31. The highest BCUT2D eigenvalue weighted by Crippen LogP contribution is 2.48. The first kappa shape index (κ1) is 41.0. The van der Waals surface area contributed by atoms with E-state index in [0.29, 0.717) is 0 Å². The van der Waals surface area contributed by atoms with E-state index < -0.39 is 0 Å². The van der Waals surface area contributed by atoms with Crippen molar-refractivity contribution in [3.8, 4) is 28.7 Å². The van der Waals surface area contributed by atoms with E-state index in [1.165, 1.54) is 32.7 Å². The number of benzene rings is 11. The Hall–Kier alpha value is -9.65. The molecular formula is C66H42B2N4O2. The molecule has 0 radical (unpaired) electrons. The summed E-state index contributed by atoms with van der Waals surface area (Å²) in [5.41, 5.74) is 20.1. The van der Waals surface area contributed by atoms with E-state index in [4.69, 9.17) is 9.47 Å². The molecule has 0 saturated carbocycles. The molecule has 0 unspecified atom stereocenters. The van der Waals surface area contributed by atoms with Crippen LogP contribution in [0.3, 0.4) is 0 Å². The molecular weight excluding hydrogens is 902 g/mol. The number of ether oxygens (including phenoxy) is 2. The van der Waals surface area contributed by atoms with Gasteiger partial charge in [-0.05, 0) is 118 Å². The van der Waals surface area contributed by atoms with Crippen molar-refractivity contribution in [3.05, 3.63) is 255 Å². The van der Waals surface area contributed by atoms with Gasteiger partial charge in [0.2, 0.25) is 0 Å². The second-order valence-corrected chi connectivity index (χ2v) is 19.6. The van der Waals surface area contributed by atoms with E-state index in [9.17, 15) is 0 Å². The van der Waals surface area contributed by atoms with Crippen molar-refractivity contribution in [2.75, 3.05) is 14.7 Å². The third-order valence-electron chi connectivity index (χ3n) is 15.6. The molecule has 0 aliphatic carbocycles. The Labute approximate surface area is 429 Å². The maximum atomic E-state index is 7.43. The molecule has 5 heterocycles. The van der Waals surface area contributed by atoms with Gasteiger partial charge in [-0.25, -0.2) is 0 Å². The molecule has 6 nitrogen and oxygen atoms in total. The SMILES string of the molecule is c1ccc(N(c2ccccc2)c2cc3c4c(c2)N(c2ccccc2)c2ccccc2B4c2cc4c(cc2O3)Oc2cc(N(c3ccccc3)c3ccccc3)cc3c2B4c2cccc4c5ccccc5n-3c24)cc1. The van der Waals surface area contributed by atoms with E-state index >= 15 is 0 Å². The number of fused-ring (bicyclic) bond motifs is 11. The summed E-state index contributed by atoms with van der Waals surface area (Å²) in [6.07, 6.45) is 0. The highest BCUT2D eigenvalue weighted by Gasteiger charge is 2.46. The minimum Gasteiger partial charge on any atom is -0.458 e. The Bertz CT molecular complexity index is 4150. The molecule has 11 aromatic carbocycles. The third-order valence-corrected chi connectivity index (χ3v) is 15.6. The van der Waals surface area contributed by atoms with E-state index in [0.717, 1.165) is 102 Å². The van der Waals surface area contributed by atoms with Crippen LogP contribution < -0.4 is 57.0 Å². The van der Waals surface area contributed by atoms with Crippen LogP contribution in [0.4, 0.5) is 51.2 Å². The highest BCUT2D eigenvalue weighted by atomic mass is 16.5. The number of anilines is 9. The third kappa shape index (κ3) is 5.96. The summed E-state index contributed by atoms with van der Waals surface area (Å²) in [6.45, 7) is -0.265. The number of para-hydroxylation sites is 8. The standard InChI is InChI=1S/C66H42B2N4O2/c1-6-21-43(22-7-1)69(44-23-8-2-9-24-44)48-37-58-64-62(39-48)73-60-42-61-55(41-54(60)67(64)52-33-17-19-36-57(52)71(58)47-29-14-5-15-30-47)68-53-34-20-32-51-50-31-16-18-35-56(50)72(66(51)53)59-38-49(40-63(74-61)65(59)68)70(45-25-10-3-11-26-45)46-27-12-4-13-28-46/h1-42H. The zero-order valence-electron chi connectivity index (χ0n) is 40.0. The van der Waals surface area contributed by atoms with Gasteiger partial charge in [-0.3, -0.25) is 0 Å². The fourth-order valence-corrected chi connectivity index (χ4v) is 12.6. The lowest BCUT2D eigenvalue weighted by Gasteiger charge is -2.41. The number of hydrogen-bond donors (Lipinski definition) is 0. The maximum Gasteiger partial charge on any atom is 0.256 e. The molecule has 0 saturated heterocycles. The smallest absolute Gasteiger partial charge is 0.256 e. The van der Waals surface area contributed by atoms with Crippen LogP contribution in [0.1, 0.15) is 0 Å². The molecule has 0 spiro atoms. The molecule has 8 heteroatoms. The Balaban J connectivity index is 0.950. The molecule has 16 rings (SSSR count). The minimum absolute atomic E-state index is 0.126. The molecule has 1 aromatic heterocycles. The van der Waals surface area contributed by atoms with Gasteiger partial charge in [-0.2, -0.15) is 0 Å². The average molecular weight is 945 g/mol. The Morgan fingerprint density at radius 1 is 0.311 bits per heavy atom. The van der Waals surface area contributed by atoms with Crippen molar-refractivity contribution in [1.29, 1.82) is 0 Å². The zero-order valence-corrected chi connectivity index (χ0v) is 40.0. The minimum atomic E-state index is -0.138. The lowest BCUT2D eigenvalue weighted by Crippen LogP contribution is -2.63. The lowest BCUT2D eigenvalue weighted by molar-refractivity contribution is 0.466. The predicted octanol–water partition coefficient (Wildman–Crippen LogP) is 13.1. The van der Waals surface area contributed by atoms with Crippen LogP contribution in [0.25, 0.3) is 27.5 Å². The summed E-state index contributed by atoms with van der Waals surface area (Å²) in [5, 5.41) is 2.47. The molecule has 4 aliphatic heterocycles. The summed E-state index contributed by atoms with van der Waals surface area (Å²) in [7, 11) is 0. The van der Waals surface area contributed by atoms with Gasteiger partial charge in [-0.15, -0.1) is 0 Å². The number of aromatic nitrogens is 1. The van der Waals surface area contributed by atoms with E-state index in [1.54, 1.807) is 0 Å². The van der Waals surface area contributed by atoms with E-state index in [-0.39, 0.29) is 13.4 Å². The fraction of sp³-hybridized carbons (Fsp3) is 0. The second kappa shape index (κ2) is 15.9. The van der Waals surface area contributed by atoms with Crippen molar-refractivity contribution >= 4 is 119 Å². The van der Waals surface area contributed by atoms with Crippen molar-refractivity contribution in [2.45, 2.75) is 0 Å². The van der Waals surface area contributed by atoms with Gasteiger partial charge in [0.05, 0.1) is 16.9 Å². The van der Waals surface area contributed by atoms with Crippen LogP contribution >= 0.6 is 0 Å². The van der Waals surface area contributed by atoms with Gasteiger partial charge in [0, 0.05) is 80.0 Å². The summed E-state index contributed by atoms with van der Waals surface area (Å²) in [5.74, 6) is 3.23. The van der Waals surface area contributed by atoms with Crippen LogP contribution in [0.2, 0.25) is 0 Å². The average Bonchev–Trinajstić information content (AvgIpc) is 3.82. The Morgan fingerprint density at radius 3 is 1.36 bits per heavy atom. The van der Waals surface area contributed by atoms with Crippen molar-refractivity contribution in [3.63, 3.8) is 0 Å². The van der Waals surface area contributed by atoms with Crippen LogP contribution in [-0.2, 0) is 0 Å². The molecule has 0 bridgehead atoms. The van der Waals surface area contributed by atoms with Crippen LogP contribution in [0.5, 0.6) is 23.0 Å². The van der Waals surface area contributed by atoms with Gasteiger partial charge in [0.25, 0.3) is 13.4 Å². The van der Waals surface area contributed by atoms with Crippen molar-refractivity contribution < 1.29 is 9.47 Å². The normalized spacial score (nSPS) is 13.0. The van der Waals surface area contributed by atoms with Gasteiger partial charge in [-0.1, -0.05) is 152 Å². The van der Waals surface area contributed by atoms with E-state index in [1.807, 2.05) is 0 Å². The van der Waals surface area contributed by atoms with Crippen LogP contribution in [-0.4, -0.2) is 18.0 Å². The van der Waals surface area contributed by atoms with Gasteiger partial charge in [0.15, 0.2) is 0 Å². The van der Waals surface area contributed by atoms with Crippen LogP contribution in [0, 0.1) is 0 Å². The summed E-state index contributed by atoms with van der Waals surface area (Å²) >= 11 is 0. The molecule has 74 heavy (non-hydrogen) atoms. The predicted molar refractivity (Wildman–Crippen MR) is 307 cm³/mol. The molecule has 0 amide bonds. The molecule has 0 N–H and O–H groups in total. The molecule has 0 atom stereocenters. The largest absolute Gasteiger partial charge is 0.458 e. The van der Waals surface area contributed by atoms with Gasteiger partial charge in [0.1, 0.15) is 23.0 Å². The number of hydrogen-bond acceptors (Lipinski definition) is 5. The van der Waals surface area contributed by atoms with Crippen LogP contribution in [0.15, 0.2) is 255 Å². The molecule has 4 aliphatic rings. The maximum absolute atomic E-state index is 7.43. The molecule has 12 aromatic rings. The van der Waals surface area contributed by atoms with Crippen molar-refractivity contribution in [1.82, 2.24) is 4.57 Å². The monoisotopic (exact) mass is 944 g/mol. The summed E-state index contributed by atoms with van der Waals surface area (Å²) in [6, 6.07) is 91.7. The quantitative estimate of drug-likeness (QED) is 0.149. The zero-order chi connectivity index (χ0) is 48.4. The first-order valence-electron chi connectivity index (χ1n) is 25.4. The number of nitrogens with zero attached hydrogens (tertiary/aromatic N) is 4. The molecule has 0 fully saturated rings. The topological polar surface area (TPSA) is 33.1 Å².